The summed E-state index contributed by atoms with van der Waals surface area (Å²) in [6.07, 6.45) is 0.957. The summed E-state index contributed by atoms with van der Waals surface area (Å²) in [5.74, 6) is 2.27. The van der Waals surface area contributed by atoms with Crippen LogP contribution in [0.1, 0.15) is 23.2 Å². The number of nitrogens with zero attached hydrogens (tertiary/aromatic N) is 3. The van der Waals surface area contributed by atoms with Gasteiger partial charge in [0.2, 0.25) is 11.8 Å². The summed E-state index contributed by atoms with van der Waals surface area (Å²) in [6.45, 7) is 6.48. The van der Waals surface area contributed by atoms with Crippen molar-refractivity contribution in [2.24, 2.45) is 0 Å². The van der Waals surface area contributed by atoms with Gasteiger partial charge in [0.25, 0.3) is 0 Å². The molecule has 0 radical (unpaired) electrons. The average Bonchev–Trinajstić information content (AvgIpc) is 3.13. The molecular formula is C25H29N3O4. The lowest BCUT2D eigenvalue weighted by molar-refractivity contribution is -0.135. The Kier molecular flexibility index (Phi) is 6.75. The van der Waals surface area contributed by atoms with Gasteiger partial charge in [-0.25, -0.2) is 4.68 Å². The van der Waals surface area contributed by atoms with E-state index in [0.717, 1.165) is 34.0 Å². The smallest absolute Gasteiger partial charge is 0.226 e. The van der Waals surface area contributed by atoms with Crippen molar-refractivity contribution in [3.8, 4) is 23.1 Å². The van der Waals surface area contributed by atoms with Crippen molar-refractivity contribution in [3.63, 3.8) is 0 Å². The van der Waals surface area contributed by atoms with E-state index in [1.165, 1.54) is 0 Å². The van der Waals surface area contributed by atoms with E-state index in [1.54, 1.807) is 11.8 Å². The van der Waals surface area contributed by atoms with Gasteiger partial charge in [0, 0.05) is 25.1 Å². The predicted molar refractivity (Wildman–Crippen MR) is 122 cm³/mol. The molecule has 0 atom stereocenters. The topological polar surface area (TPSA) is 65.8 Å². The molecule has 4 rings (SSSR count). The van der Waals surface area contributed by atoms with Crippen LogP contribution in [-0.2, 0) is 16.0 Å². The molecule has 2 heterocycles. The van der Waals surface area contributed by atoms with E-state index >= 15 is 0 Å². The normalized spacial score (nSPS) is 13.8. The van der Waals surface area contributed by atoms with Crippen molar-refractivity contribution >= 4 is 5.91 Å². The standard InChI is InChI=1S/C25H29N3O4/c1-18-5-4-6-22(17-18)32-25-23(11-12-24(29)27-13-15-31-16-14-27)19(2)26-28(25)20-7-9-21(30-3)10-8-20/h4-10,17H,11-16H2,1-3H3. The molecule has 1 amide bonds. The maximum atomic E-state index is 12.7. The molecule has 168 valence electrons. The molecule has 3 aromatic rings. The first-order valence-electron chi connectivity index (χ1n) is 10.9. The van der Waals surface area contributed by atoms with Crippen molar-refractivity contribution in [3.05, 3.63) is 65.4 Å². The number of aryl methyl sites for hydroxylation is 2. The van der Waals surface area contributed by atoms with Gasteiger partial charge in [-0.15, -0.1) is 0 Å². The fraction of sp³-hybridized carbons (Fsp3) is 0.360. The molecule has 2 aromatic carbocycles. The number of rotatable bonds is 7. The van der Waals surface area contributed by atoms with Crippen LogP contribution in [0.3, 0.4) is 0 Å². The van der Waals surface area contributed by atoms with Crippen LogP contribution in [-0.4, -0.2) is 54.0 Å². The molecule has 0 N–H and O–H groups in total. The predicted octanol–water partition coefficient (Wildman–Crippen LogP) is 4.08. The Balaban J connectivity index is 1.64. The minimum absolute atomic E-state index is 0.131. The minimum atomic E-state index is 0.131. The van der Waals surface area contributed by atoms with Gasteiger partial charge in [0.1, 0.15) is 11.5 Å². The molecule has 0 saturated carbocycles. The maximum Gasteiger partial charge on any atom is 0.226 e. The zero-order valence-corrected chi connectivity index (χ0v) is 18.8. The van der Waals surface area contributed by atoms with Gasteiger partial charge < -0.3 is 19.1 Å². The van der Waals surface area contributed by atoms with E-state index in [4.69, 9.17) is 19.3 Å². The number of hydrogen-bond acceptors (Lipinski definition) is 5. The maximum absolute atomic E-state index is 12.7. The van der Waals surface area contributed by atoms with Crippen LogP contribution >= 0.6 is 0 Å². The Hall–Kier alpha value is -3.32. The first-order valence-corrected chi connectivity index (χ1v) is 10.9. The number of carbonyl (C=O) groups is 1. The molecule has 0 spiro atoms. The van der Waals surface area contributed by atoms with Crippen molar-refractivity contribution in [1.29, 1.82) is 0 Å². The van der Waals surface area contributed by atoms with Crippen LogP contribution in [0, 0.1) is 13.8 Å². The van der Waals surface area contributed by atoms with Crippen LogP contribution in [0.2, 0.25) is 0 Å². The van der Waals surface area contributed by atoms with Gasteiger partial charge in [-0.2, -0.15) is 5.10 Å². The molecule has 7 nitrogen and oxygen atoms in total. The molecule has 0 bridgehead atoms. The van der Waals surface area contributed by atoms with E-state index < -0.39 is 0 Å². The Bertz CT molecular complexity index is 1070. The zero-order valence-electron chi connectivity index (χ0n) is 18.8. The summed E-state index contributed by atoms with van der Waals surface area (Å²) >= 11 is 0. The molecule has 7 heteroatoms. The number of hydrogen-bond donors (Lipinski definition) is 0. The summed E-state index contributed by atoms with van der Waals surface area (Å²) in [4.78, 5) is 14.6. The van der Waals surface area contributed by atoms with Crippen molar-refractivity contribution < 1.29 is 19.0 Å². The number of carbonyl (C=O) groups excluding carboxylic acids is 1. The van der Waals surface area contributed by atoms with Crippen LogP contribution in [0.5, 0.6) is 17.4 Å². The summed E-state index contributed by atoms with van der Waals surface area (Å²) < 4.78 is 18.8. The fourth-order valence-corrected chi connectivity index (χ4v) is 3.82. The number of ether oxygens (including phenoxy) is 3. The lowest BCUT2D eigenvalue weighted by Crippen LogP contribution is -2.40. The summed E-state index contributed by atoms with van der Waals surface area (Å²) in [5, 5.41) is 4.75. The molecule has 1 aliphatic rings. The van der Waals surface area contributed by atoms with E-state index in [2.05, 4.69) is 0 Å². The molecule has 1 aromatic heterocycles. The first-order chi connectivity index (χ1) is 15.5. The van der Waals surface area contributed by atoms with Gasteiger partial charge >= 0.3 is 0 Å². The molecule has 0 aliphatic carbocycles. The second kappa shape index (κ2) is 9.87. The molecule has 32 heavy (non-hydrogen) atoms. The second-order valence-corrected chi connectivity index (χ2v) is 7.89. The van der Waals surface area contributed by atoms with Gasteiger partial charge in [-0.3, -0.25) is 4.79 Å². The van der Waals surface area contributed by atoms with Crippen LogP contribution in [0.25, 0.3) is 5.69 Å². The molecule has 1 saturated heterocycles. The highest BCUT2D eigenvalue weighted by Crippen LogP contribution is 2.32. The monoisotopic (exact) mass is 435 g/mol. The Labute approximate surface area is 188 Å². The lowest BCUT2D eigenvalue weighted by atomic mass is 10.1. The molecule has 0 unspecified atom stereocenters. The highest BCUT2D eigenvalue weighted by Gasteiger charge is 2.22. The highest BCUT2D eigenvalue weighted by atomic mass is 16.5. The number of morpholine rings is 1. The Morgan fingerprint density at radius 2 is 1.81 bits per heavy atom. The first kappa shape index (κ1) is 21.9. The van der Waals surface area contributed by atoms with E-state index in [9.17, 15) is 4.79 Å². The van der Waals surface area contributed by atoms with E-state index in [1.807, 2.05) is 67.3 Å². The third-order valence-electron chi connectivity index (χ3n) is 5.61. The largest absolute Gasteiger partial charge is 0.497 e. The number of benzene rings is 2. The van der Waals surface area contributed by atoms with E-state index in [-0.39, 0.29) is 5.91 Å². The number of methoxy groups -OCH3 is 1. The minimum Gasteiger partial charge on any atom is -0.497 e. The van der Waals surface area contributed by atoms with Crippen molar-refractivity contribution in [2.45, 2.75) is 26.7 Å². The summed E-state index contributed by atoms with van der Waals surface area (Å²) in [5.41, 5.74) is 3.75. The van der Waals surface area contributed by atoms with Gasteiger partial charge in [0.05, 0.1) is 31.7 Å². The number of aromatic nitrogens is 2. The van der Waals surface area contributed by atoms with Gasteiger partial charge in [0.15, 0.2) is 0 Å². The highest BCUT2D eigenvalue weighted by molar-refractivity contribution is 5.76. The summed E-state index contributed by atoms with van der Waals surface area (Å²) in [6, 6.07) is 15.6. The second-order valence-electron chi connectivity index (χ2n) is 7.89. The van der Waals surface area contributed by atoms with Crippen LogP contribution in [0.4, 0.5) is 0 Å². The Morgan fingerprint density at radius 1 is 1.06 bits per heavy atom. The van der Waals surface area contributed by atoms with Crippen molar-refractivity contribution in [1.82, 2.24) is 14.7 Å². The summed E-state index contributed by atoms with van der Waals surface area (Å²) in [7, 11) is 1.64. The molecule has 1 fully saturated rings. The van der Waals surface area contributed by atoms with E-state index in [0.29, 0.717) is 45.0 Å². The van der Waals surface area contributed by atoms with Gasteiger partial charge in [-0.1, -0.05) is 12.1 Å². The van der Waals surface area contributed by atoms with Crippen LogP contribution < -0.4 is 9.47 Å². The number of amides is 1. The molecular weight excluding hydrogens is 406 g/mol. The fourth-order valence-electron chi connectivity index (χ4n) is 3.82. The van der Waals surface area contributed by atoms with Gasteiger partial charge in [-0.05, 0) is 62.2 Å². The van der Waals surface area contributed by atoms with Crippen LogP contribution in [0.15, 0.2) is 48.5 Å². The Morgan fingerprint density at radius 3 is 2.50 bits per heavy atom. The SMILES string of the molecule is COc1ccc(-n2nc(C)c(CCC(=O)N3CCOCC3)c2Oc2cccc(C)c2)cc1. The quantitative estimate of drug-likeness (QED) is 0.559. The van der Waals surface area contributed by atoms with Crippen molar-refractivity contribution in [2.75, 3.05) is 33.4 Å². The molecule has 1 aliphatic heterocycles. The third-order valence-corrected chi connectivity index (χ3v) is 5.61. The zero-order chi connectivity index (χ0) is 22.5. The average molecular weight is 436 g/mol. The lowest BCUT2D eigenvalue weighted by Gasteiger charge is -2.26. The third kappa shape index (κ3) is 4.94.